The number of ether oxygens (including phenoxy) is 6. The molecule has 22 heteroatoms. The van der Waals surface area contributed by atoms with Crippen LogP contribution in [0.5, 0.6) is 11.6 Å². The average Bonchev–Trinajstić information content (AvgIpc) is 3.60. The highest BCUT2D eigenvalue weighted by molar-refractivity contribution is 6.06. The molecule has 2 saturated carbocycles. The number of piperidine rings is 1. The summed E-state index contributed by atoms with van der Waals surface area (Å²) in [6.07, 6.45) is 7.21. The third kappa shape index (κ3) is 14.4. The number of carbonyl (C=O) groups excluding carboxylic acids is 5. The van der Waals surface area contributed by atoms with Gasteiger partial charge in [0, 0.05) is 74.8 Å². The number of rotatable bonds is 21. The molecule has 4 amide bonds. The number of phenolic OH excluding ortho intramolecular Hbond substituents is 1. The molecule has 2 aromatic carbocycles. The van der Waals surface area contributed by atoms with Gasteiger partial charge in [0.2, 0.25) is 17.7 Å². The van der Waals surface area contributed by atoms with E-state index in [0.717, 1.165) is 50.8 Å². The van der Waals surface area contributed by atoms with Gasteiger partial charge in [-0.1, -0.05) is 30.7 Å². The van der Waals surface area contributed by atoms with Crippen LogP contribution >= 0.6 is 0 Å². The van der Waals surface area contributed by atoms with Gasteiger partial charge < -0.3 is 63.8 Å². The Hall–Kier alpha value is -7.30. The number of nitrogens with zero attached hydrogens (tertiary/aromatic N) is 7. The first-order chi connectivity index (χ1) is 38.9. The molecule has 1 spiro atoms. The number of nitrogens with one attached hydrogen (secondary N) is 3. The molecule has 2 aliphatic carbocycles. The maximum absolute atomic E-state index is 13.7. The minimum Gasteiger partial charge on any atom is -0.507 e. The van der Waals surface area contributed by atoms with Crippen molar-refractivity contribution in [1.82, 2.24) is 30.3 Å². The molecule has 436 valence electrons. The minimum atomic E-state index is -1.28. The Bertz CT molecular complexity index is 2840. The van der Waals surface area contributed by atoms with Gasteiger partial charge in [0.1, 0.15) is 41.1 Å². The van der Waals surface area contributed by atoms with Crippen LogP contribution in [-0.4, -0.2) is 169 Å². The van der Waals surface area contributed by atoms with E-state index in [0.29, 0.717) is 106 Å². The van der Waals surface area contributed by atoms with Crippen LogP contribution in [0, 0.1) is 5.41 Å². The summed E-state index contributed by atoms with van der Waals surface area (Å²) in [6.45, 7) is 11.9. The molecule has 4 N–H and O–H groups in total. The summed E-state index contributed by atoms with van der Waals surface area (Å²) in [5.41, 5.74) is 1.27. The van der Waals surface area contributed by atoms with Crippen molar-refractivity contribution < 1.29 is 57.5 Å². The van der Waals surface area contributed by atoms with Crippen LogP contribution in [0.15, 0.2) is 72.9 Å². The third-order valence-corrected chi connectivity index (χ3v) is 15.6. The fourth-order valence-electron chi connectivity index (χ4n) is 10.9. The van der Waals surface area contributed by atoms with E-state index in [4.69, 9.17) is 28.4 Å². The molecule has 2 aromatic heterocycles. The van der Waals surface area contributed by atoms with Crippen molar-refractivity contribution in [2.45, 2.75) is 134 Å². The number of carbonyl (C=O) groups is 5. The van der Waals surface area contributed by atoms with E-state index in [-0.39, 0.29) is 49.2 Å². The van der Waals surface area contributed by atoms with Gasteiger partial charge in [-0.2, -0.15) is 0 Å². The topological polar surface area (TPSA) is 249 Å². The quantitative estimate of drug-likeness (QED) is 0.0276. The Morgan fingerprint density at radius 1 is 0.877 bits per heavy atom. The van der Waals surface area contributed by atoms with Crippen molar-refractivity contribution in [2.24, 2.45) is 5.41 Å². The Labute approximate surface area is 473 Å². The third-order valence-electron chi connectivity index (χ3n) is 15.6. The van der Waals surface area contributed by atoms with E-state index in [9.17, 15) is 29.1 Å². The van der Waals surface area contributed by atoms with Crippen molar-refractivity contribution in [2.75, 3.05) is 93.6 Å². The number of amides is 4. The van der Waals surface area contributed by atoms with Crippen molar-refractivity contribution in [3.8, 4) is 22.9 Å². The van der Waals surface area contributed by atoms with Crippen LogP contribution in [0.25, 0.3) is 11.3 Å². The summed E-state index contributed by atoms with van der Waals surface area (Å²) in [7, 11) is 3.95. The van der Waals surface area contributed by atoms with Crippen molar-refractivity contribution in [1.29, 1.82) is 0 Å². The van der Waals surface area contributed by atoms with E-state index in [2.05, 4.69) is 45.8 Å². The largest absolute Gasteiger partial charge is 0.507 e. The van der Waals surface area contributed by atoms with Gasteiger partial charge in [-0.25, -0.2) is 14.6 Å². The molecule has 81 heavy (non-hydrogen) atoms. The van der Waals surface area contributed by atoms with Crippen molar-refractivity contribution in [3.63, 3.8) is 0 Å². The molecule has 4 aromatic rings. The van der Waals surface area contributed by atoms with Crippen molar-refractivity contribution >= 4 is 52.9 Å². The second-order valence-electron chi connectivity index (χ2n) is 23.1. The first-order valence-electron chi connectivity index (χ1n) is 28.4. The smallest absolute Gasteiger partial charge is 0.413 e. The average molecular weight is 1120 g/mol. The molecule has 0 unspecified atom stereocenters. The van der Waals surface area contributed by atoms with Gasteiger partial charge >= 0.3 is 18.2 Å². The molecule has 0 bridgehead atoms. The lowest BCUT2D eigenvalue weighted by atomic mass is 9.68. The fourth-order valence-corrected chi connectivity index (χ4v) is 10.9. The van der Waals surface area contributed by atoms with Gasteiger partial charge in [0.25, 0.3) is 0 Å². The number of hydrogen-bond acceptors (Lipinski definition) is 18. The minimum absolute atomic E-state index is 0.0327. The number of unbranched alkanes of at least 4 members (excludes halogenated alkanes) is 1. The lowest BCUT2D eigenvalue weighted by Gasteiger charge is -2.56. The lowest BCUT2D eigenvalue weighted by Crippen LogP contribution is -2.72. The summed E-state index contributed by atoms with van der Waals surface area (Å²) < 4.78 is 35.2. The number of esters is 1. The number of hydrogen-bond donors (Lipinski definition) is 4. The second kappa shape index (κ2) is 25.7. The molecule has 5 aliphatic rings. The predicted octanol–water partition coefficient (Wildman–Crippen LogP) is 7.30. The summed E-state index contributed by atoms with van der Waals surface area (Å²) >= 11 is 0. The Balaban J connectivity index is 0.805. The van der Waals surface area contributed by atoms with E-state index in [1.54, 1.807) is 72.6 Å². The normalized spacial score (nSPS) is 19.8. The maximum Gasteiger partial charge on any atom is 0.413 e. The SMILES string of the molecule is CCOC(=O)C1(C(=O)N[C@@H](CCCCN(C)C)C(=O)Nc2ccc(COC(=O)Nc3nnc(-c4ccccc4O)cc3N3CCN(c4ccnc(OC5CC(OC6CCN(C(=O)OC(C)(C)C)CC6)C5)c4)C4(COC4)C3)cc2)CCC1. The van der Waals surface area contributed by atoms with E-state index in [1.807, 2.05) is 47.0 Å². The van der Waals surface area contributed by atoms with E-state index < -0.39 is 46.5 Å². The van der Waals surface area contributed by atoms with Gasteiger partial charge in [-0.3, -0.25) is 19.7 Å². The van der Waals surface area contributed by atoms with Crippen LogP contribution in [0.3, 0.4) is 0 Å². The Morgan fingerprint density at radius 3 is 2.30 bits per heavy atom. The number of benzene rings is 2. The Kier molecular flexibility index (Phi) is 18.5. The van der Waals surface area contributed by atoms with Gasteiger partial charge in [-0.15, -0.1) is 10.2 Å². The number of likely N-dealkylation sites (tertiary alicyclic amines) is 1. The summed E-state index contributed by atoms with van der Waals surface area (Å²) in [5.74, 6) is -0.728. The van der Waals surface area contributed by atoms with Gasteiger partial charge in [-0.05, 0) is 135 Å². The first-order valence-corrected chi connectivity index (χ1v) is 28.4. The predicted molar refractivity (Wildman–Crippen MR) is 302 cm³/mol. The first kappa shape index (κ1) is 58.4. The second-order valence-corrected chi connectivity index (χ2v) is 23.1. The van der Waals surface area contributed by atoms with Crippen LogP contribution in [-0.2, 0) is 44.7 Å². The maximum atomic E-state index is 13.7. The molecule has 0 radical (unpaired) electrons. The highest BCUT2D eigenvalue weighted by Gasteiger charge is 2.53. The van der Waals surface area contributed by atoms with E-state index >= 15 is 0 Å². The molecule has 3 aliphatic heterocycles. The molecule has 1 atom stereocenters. The number of anilines is 4. The van der Waals surface area contributed by atoms with Crippen LogP contribution in [0.2, 0.25) is 0 Å². The number of pyridine rings is 1. The van der Waals surface area contributed by atoms with E-state index in [1.165, 1.54) is 0 Å². The van der Waals surface area contributed by atoms with Gasteiger partial charge in [0.05, 0.1) is 43.4 Å². The zero-order valence-corrected chi connectivity index (χ0v) is 47.4. The highest BCUT2D eigenvalue weighted by Crippen LogP contribution is 2.43. The molecular formula is C59H78N10O12. The molecule has 5 heterocycles. The van der Waals surface area contributed by atoms with Crippen LogP contribution in [0.1, 0.15) is 97.5 Å². The van der Waals surface area contributed by atoms with Crippen molar-refractivity contribution in [3.05, 3.63) is 78.5 Å². The monoisotopic (exact) mass is 1120 g/mol. The van der Waals surface area contributed by atoms with Crippen LogP contribution < -0.4 is 30.5 Å². The number of aromatic hydroxyl groups is 1. The Morgan fingerprint density at radius 2 is 1.63 bits per heavy atom. The molecule has 22 nitrogen and oxygen atoms in total. The summed E-state index contributed by atoms with van der Waals surface area (Å²) in [4.78, 5) is 79.2. The molecule has 9 rings (SSSR count). The number of para-hydroxylation sites is 1. The summed E-state index contributed by atoms with van der Waals surface area (Å²) in [5, 5.41) is 28.3. The highest BCUT2D eigenvalue weighted by atomic mass is 16.6. The lowest BCUT2D eigenvalue weighted by molar-refractivity contribution is -0.167. The van der Waals surface area contributed by atoms with Gasteiger partial charge in [0.15, 0.2) is 5.82 Å². The zero-order valence-electron chi connectivity index (χ0n) is 47.4. The zero-order chi connectivity index (χ0) is 57.3. The summed E-state index contributed by atoms with van der Waals surface area (Å²) in [6, 6.07) is 18.6. The van der Waals surface area contributed by atoms with Crippen LogP contribution in [0.4, 0.5) is 32.5 Å². The number of phenols is 1. The molecule has 5 fully saturated rings. The molecular weight excluding hydrogens is 1040 g/mol. The fraction of sp³-hybridized carbons (Fsp3) is 0.559. The number of piperazine rings is 1. The standard InChI is InChI=1S/C59H78N10O12/c1-7-77-54(73)59(23-12-24-59)53(72)62-46(14-10-11-26-66(5)6)52(71)61-40-18-16-39(17-19-40)35-78-55(74)63-51-48(34-47(64-65-51)45-13-8-9-15-49(45)70)68-29-30-69(58(36-68)37-76-38-58)41-20-25-60-50(31-41)80-44-32-43(33-44)79-42-21-27-67(28-22-42)56(75)81-57(2,3)4/h8-9,13,15-20,25,31,34,42-44,46,70H,7,10-12,14,21-24,26-30,32-33,35-38H2,1-6H3,(H,61,71)(H,62,72)(H,63,65,74)/t43?,44?,46-/m0/s1. The number of aromatic nitrogens is 3. The molecule has 3 saturated heterocycles.